The largest absolute Gasteiger partial charge is 0.495 e. The van der Waals surface area contributed by atoms with Crippen LogP contribution in [-0.4, -0.2) is 50.9 Å². The van der Waals surface area contributed by atoms with Crippen molar-refractivity contribution in [3.05, 3.63) is 64.4 Å². The maximum absolute atomic E-state index is 13.2. The number of anilines is 1. The maximum atomic E-state index is 13.2. The van der Waals surface area contributed by atoms with Gasteiger partial charge in [0, 0.05) is 24.2 Å². The molecule has 178 valence electrons. The van der Waals surface area contributed by atoms with E-state index in [1.807, 2.05) is 47.7 Å². The summed E-state index contributed by atoms with van der Waals surface area (Å²) in [4.78, 5) is 27.5. The number of amides is 2. The molecule has 0 bridgehead atoms. The monoisotopic (exact) mass is 499 g/mol. The highest BCUT2D eigenvalue weighted by Gasteiger charge is 2.34. The molecule has 2 aromatic carbocycles. The minimum Gasteiger partial charge on any atom is -0.495 e. The van der Waals surface area contributed by atoms with Crippen LogP contribution in [0.15, 0.2) is 47.6 Å². The van der Waals surface area contributed by atoms with Gasteiger partial charge in [0.25, 0.3) is 5.91 Å². The minimum absolute atomic E-state index is 0.00162. The standard InChI is InChI=1S/C24H26ClN5O3S/c1-15-6-4-7-16(12-15)23(32)30-11-5-8-19(30)22-27-28-24(29(22)2)34-14-21(31)26-18-13-17(25)9-10-20(18)33-3/h4,6-7,9-10,12-13,19H,5,8,11,14H2,1-3H3,(H,26,31). The van der Waals surface area contributed by atoms with Crippen molar-refractivity contribution >= 4 is 40.9 Å². The van der Waals surface area contributed by atoms with Crippen LogP contribution in [0.1, 0.15) is 40.6 Å². The topological polar surface area (TPSA) is 89.3 Å². The molecule has 8 nitrogen and oxygen atoms in total. The lowest BCUT2D eigenvalue weighted by Gasteiger charge is -2.24. The first kappa shape index (κ1) is 24.1. The Labute approximate surface area is 207 Å². The molecule has 0 aliphatic carbocycles. The molecule has 1 unspecified atom stereocenters. The van der Waals surface area contributed by atoms with Crippen molar-refractivity contribution in [3.63, 3.8) is 0 Å². The molecule has 2 heterocycles. The van der Waals surface area contributed by atoms with Crippen LogP contribution in [0, 0.1) is 6.92 Å². The molecule has 3 aromatic rings. The van der Waals surface area contributed by atoms with Crippen LogP contribution >= 0.6 is 23.4 Å². The molecule has 4 rings (SSSR count). The van der Waals surface area contributed by atoms with Crippen molar-refractivity contribution in [2.24, 2.45) is 7.05 Å². The molecule has 0 spiro atoms. The SMILES string of the molecule is COc1ccc(Cl)cc1NC(=O)CSc1nnc(C2CCCN2C(=O)c2cccc(C)c2)n1C. The number of likely N-dealkylation sites (tertiary alicyclic amines) is 1. The zero-order valence-electron chi connectivity index (χ0n) is 19.2. The lowest BCUT2D eigenvalue weighted by atomic mass is 10.1. The van der Waals surface area contributed by atoms with Gasteiger partial charge in [-0.25, -0.2) is 0 Å². The molecule has 1 saturated heterocycles. The highest BCUT2D eigenvalue weighted by Crippen LogP contribution is 2.33. The number of ether oxygens (including phenoxy) is 1. The molecule has 0 saturated carbocycles. The summed E-state index contributed by atoms with van der Waals surface area (Å²) in [6.07, 6.45) is 1.73. The number of halogens is 1. The summed E-state index contributed by atoms with van der Waals surface area (Å²) in [7, 11) is 3.40. The second-order valence-electron chi connectivity index (χ2n) is 8.11. The lowest BCUT2D eigenvalue weighted by Crippen LogP contribution is -2.32. The van der Waals surface area contributed by atoms with E-state index in [0.717, 1.165) is 24.2 Å². The van der Waals surface area contributed by atoms with E-state index in [1.54, 1.807) is 18.2 Å². The lowest BCUT2D eigenvalue weighted by molar-refractivity contribution is -0.113. The van der Waals surface area contributed by atoms with Crippen LogP contribution < -0.4 is 10.1 Å². The van der Waals surface area contributed by atoms with Gasteiger partial charge in [-0.3, -0.25) is 9.59 Å². The van der Waals surface area contributed by atoms with Crippen LogP contribution in [0.3, 0.4) is 0 Å². The summed E-state index contributed by atoms with van der Waals surface area (Å²) in [5, 5.41) is 12.6. The summed E-state index contributed by atoms with van der Waals surface area (Å²) in [5.41, 5.74) is 2.24. The van der Waals surface area contributed by atoms with Crippen LogP contribution in [0.2, 0.25) is 5.02 Å². The number of methoxy groups -OCH3 is 1. The Morgan fingerprint density at radius 3 is 2.82 bits per heavy atom. The molecule has 1 aliphatic heterocycles. The fourth-order valence-electron chi connectivity index (χ4n) is 4.06. The Hall–Kier alpha value is -3.04. The van der Waals surface area contributed by atoms with E-state index < -0.39 is 0 Å². The molecule has 1 aromatic heterocycles. The van der Waals surface area contributed by atoms with Gasteiger partial charge in [0.1, 0.15) is 5.75 Å². The molecule has 1 aliphatic rings. The van der Waals surface area contributed by atoms with E-state index in [0.29, 0.717) is 33.7 Å². The van der Waals surface area contributed by atoms with Crippen LogP contribution in [-0.2, 0) is 11.8 Å². The Balaban J connectivity index is 1.43. The van der Waals surface area contributed by atoms with Crippen molar-refractivity contribution in [3.8, 4) is 5.75 Å². The van der Waals surface area contributed by atoms with E-state index in [-0.39, 0.29) is 23.6 Å². The predicted molar refractivity (Wildman–Crippen MR) is 133 cm³/mol. The Morgan fingerprint density at radius 2 is 2.06 bits per heavy atom. The van der Waals surface area contributed by atoms with E-state index >= 15 is 0 Å². The van der Waals surface area contributed by atoms with Crippen molar-refractivity contribution in [1.82, 2.24) is 19.7 Å². The molecule has 2 amide bonds. The molecule has 1 atom stereocenters. The zero-order chi connectivity index (χ0) is 24.2. The third-order valence-electron chi connectivity index (χ3n) is 5.71. The van der Waals surface area contributed by atoms with Gasteiger partial charge in [0.15, 0.2) is 11.0 Å². The van der Waals surface area contributed by atoms with Crippen LogP contribution in [0.5, 0.6) is 5.75 Å². The summed E-state index contributed by atoms with van der Waals surface area (Å²) >= 11 is 7.31. The fraction of sp³-hybridized carbons (Fsp3) is 0.333. The van der Waals surface area contributed by atoms with Gasteiger partial charge >= 0.3 is 0 Å². The number of hydrogen-bond acceptors (Lipinski definition) is 6. The highest BCUT2D eigenvalue weighted by molar-refractivity contribution is 7.99. The van der Waals surface area contributed by atoms with Gasteiger partial charge in [-0.2, -0.15) is 0 Å². The summed E-state index contributed by atoms with van der Waals surface area (Å²) in [6, 6.07) is 12.5. The van der Waals surface area contributed by atoms with Crippen molar-refractivity contribution in [1.29, 1.82) is 0 Å². The minimum atomic E-state index is -0.216. The molecule has 1 N–H and O–H groups in total. The van der Waals surface area contributed by atoms with E-state index in [9.17, 15) is 9.59 Å². The Bertz CT molecular complexity index is 1220. The van der Waals surface area contributed by atoms with Gasteiger partial charge in [0.2, 0.25) is 5.91 Å². The normalized spacial score (nSPS) is 15.4. The predicted octanol–water partition coefficient (Wildman–Crippen LogP) is 4.49. The molecule has 0 radical (unpaired) electrons. The van der Waals surface area contributed by atoms with Gasteiger partial charge in [-0.1, -0.05) is 41.1 Å². The average Bonchev–Trinajstić information content (AvgIpc) is 3.44. The van der Waals surface area contributed by atoms with E-state index in [1.165, 1.54) is 18.9 Å². The number of carbonyl (C=O) groups excluding carboxylic acids is 2. The smallest absolute Gasteiger partial charge is 0.254 e. The molecule has 1 fully saturated rings. The number of benzene rings is 2. The summed E-state index contributed by atoms with van der Waals surface area (Å²) in [5.74, 6) is 1.17. The Kier molecular flexibility index (Phi) is 7.43. The fourth-order valence-corrected chi connectivity index (χ4v) is 4.95. The number of thioether (sulfide) groups is 1. The van der Waals surface area contributed by atoms with Gasteiger partial charge in [-0.15, -0.1) is 10.2 Å². The number of rotatable bonds is 7. The second kappa shape index (κ2) is 10.5. The average molecular weight is 500 g/mol. The number of aryl methyl sites for hydroxylation is 1. The van der Waals surface area contributed by atoms with Crippen molar-refractivity contribution in [2.45, 2.75) is 31.0 Å². The van der Waals surface area contributed by atoms with Crippen LogP contribution in [0.4, 0.5) is 5.69 Å². The molecular weight excluding hydrogens is 474 g/mol. The Morgan fingerprint density at radius 1 is 1.24 bits per heavy atom. The first-order valence-corrected chi connectivity index (χ1v) is 12.3. The van der Waals surface area contributed by atoms with Crippen molar-refractivity contribution < 1.29 is 14.3 Å². The van der Waals surface area contributed by atoms with Gasteiger partial charge in [-0.05, 0) is 50.1 Å². The third kappa shape index (κ3) is 5.20. The van der Waals surface area contributed by atoms with E-state index in [2.05, 4.69) is 15.5 Å². The molecule has 34 heavy (non-hydrogen) atoms. The first-order chi connectivity index (χ1) is 16.4. The molecule has 10 heteroatoms. The van der Waals surface area contributed by atoms with Crippen LogP contribution in [0.25, 0.3) is 0 Å². The second-order valence-corrected chi connectivity index (χ2v) is 9.49. The number of nitrogens with one attached hydrogen (secondary N) is 1. The highest BCUT2D eigenvalue weighted by atomic mass is 35.5. The number of hydrogen-bond donors (Lipinski definition) is 1. The third-order valence-corrected chi connectivity index (χ3v) is 6.97. The van der Waals surface area contributed by atoms with Gasteiger partial charge in [0.05, 0.1) is 24.6 Å². The number of nitrogens with zero attached hydrogens (tertiary/aromatic N) is 4. The first-order valence-electron chi connectivity index (χ1n) is 10.9. The quantitative estimate of drug-likeness (QED) is 0.482. The molecular formula is C24H26ClN5O3S. The zero-order valence-corrected chi connectivity index (χ0v) is 20.8. The summed E-state index contributed by atoms with van der Waals surface area (Å²) < 4.78 is 7.14. The number of carbonyl (C=O) groups is 2. The van der Waals surface area contributed by atoms with Crippen molar-refractivity contribution in [2.75, 3.05) is 24.7 Å². The van der Waals surface area contributed by atoms with E-state index in [4.69, 9.17) is 16.3 Å². The maximum Gasteiger partial charge on any atom is 0.254 e. The van der Waals surface area contributed by atoms with Gasteiger partial charge < -0.3 is 19.5 Å². The number of aromatic nitrogens is 3. The summed E-state index contributed by atoms with van der Waals surface area (Å²) in [6.45, 7) is 2.65.